The number of carbonyl (C=O) groups is 4. The van der Waals surface area contributed by atoms with Crippen molar-refractivity contribution in [3.8, 4) is 0 Å². The van der Waals surface area contributed by atoms with Crippen LogP contribution in [0, 0.1) is 6.92 Å². The average Bonchev–Trinajstić information content (AvgIpc) is 2.72. The van der Waals surface area contributed by atoms with Crippen molar-refractivity contribution in [1.29, 1.82) is 0 Å². The van der Waals surface area contributed by atoms with Gasteiger partial charge in [0, 0.05) is 0 Å². The lowest BCUT2D eigenvalue weighted by molar-refractivity contribution is -0.128. The Morgan fingerprint density at radius 2 is 2.10 bits per heavy atom. The zero-order valence-electron chi connectivity index (χ0n) is 11.2. The van der Waals surface area contributed by atoms with Gasteiger partial charge in [0.1, 0.15) is 6.54 Å². The fourth-order valence-corrected chi connectivity index (χ4v) is 1.95. The van der Waals surface area contributed by atoms with Gasteiger partial charge in [0.05, 0.1) is 17.8 Å². The quantitative estimate of drug-likeness (QED) is 0.684. The maximum atomic E-state index is 11.9. The number of carboxylic acid groups (broad SMARTS) is 1. The van der Waals surface area contributed by atoms with Crippen molar-refractivity contribution < 1.29 is 24.3 Å². The molecule has 1 aromatic carbocycles. The molecule has 1 fully saturated rings. The third kappa shape index (κ3) is 2.99. The summed E-state index contributed by atoms with van der Waals surface area (Å²) < 4.78 is 0. The monoisotopic (exact) mass is 291 g/mol. The van der Waals surface area contributed by atoms with E-state index >= 15 is 0 Å². The number of para-hydroxylation sites is 1. The molecular formula is C13H13N3O5. The van der Waals surface area contributed by atoms with Gasteiger partial charge in [-0.25, -0.2) is 9.59 Å². The van der Waals surface area contributed by atoms with E-state index in [0.29, 0.717) is 5.56 Å². The van der Waals surface area contributed by atoms with Gasteiger partial charge in [-0.3, -0.25) is 14.5 Å². The van der Waals surface area contributed by atoms with Crippen LogP contribution < -0.4 is 10.6 Å². The number of nitrogens with one attached hydrogen (secondary N) is 2. The normalized spacial score (nSPS) is 14.0. The highest BCUT2D eigenvalue weighted by molar-refractivity contribution is 6.07. The van der Waals surface area contributed by atoms with Crippen LogP contribution in [0.3, 0.4) is 0 Å². The number of carboxylic acids is 1. The summed E-state index contributed by atoms with van der Waals surface area (Å²) in [5, 5.41) is 13.8. The standard InChI is InChI=1S/C13H13N3O5/c1-7-3-2-4-8(12(19)20)11(7)15-9(17)6-16-10(18)5-14-13(16)21/h2-4H,5-6H2,1H3,(H,14,21)(H,15,17)(H,19,20). The van der Waals surface area contributed by atoms with E-state index in [2.05, 4.69) is 10.6 Å². The summed E-state index contributed by atoms with van der Waals surface area (Å²) >= 11 is 0. The minimum Gasteiger partial charge on any atom is -0.478 e. The van der Waals surface area contributed by atoms with Crippen LogP contribution in [0.15, 0.2) is 18.2 Å². The molecule has 0 saturated carbocycles. The number of amides is 4. The Labute approximate surface area is 119 Å². The molecule has 8 nitrogen and oxygen atoms in total. The van der Waals surface area contributed by atoms with Crippen LogP contribution in [0.4, 0.5) is 10.5 Å². The zero-order chi connectivity index (χ0) is 15.6. The minimum absolute atomic E-state index is 0.0550. The van der Waals surface area contributed by atoms with Crippen LogP contribution >= 0.6 is 0 Å². The second-order valence-corrected chi connectivity index (χ2v) is 4.49. The number of urea groups is 1. The van der Waals surface area contributed by atoms with Gasteiger partial charge in [0.15, 0.2) is 0 Å². The van der Waals surface area contributed by atoms with E-state index in [9.17, 15) is 19.2 Å². The third-order valence-corrected chi connectivity index (χ3v) is 3.01. The van der Waals surface area contributed by atoms with Crippen LogP contribution in [0.5, 0.6) is 0 Å². The SMILES string of the molecule is Cc1cccc(C(=O)O)c1NC(=O)CN1C(=O)CNC1=O. The summed E-state index contributed by atoms with van der Waals surface area (Å²) in [5.41, 5.74) is 0.669. The molecule has 0 unspecified atom stereocenters. The molecule has 0 aliphatic carbocycles. The van der Waals surface area contributed by atoms with Crippen molar-refractivity contribution >= 4 is 29.5 Å². The Balaban J connectivity index is 2.15. The van der Waals surface area contributed by atoms with E-state index in [-0.39, 0.29) is 17.8 Å². The smallest absolute Gasteiger partial charge is 0.337 e. The van der Waals surface area contributed by atoms with Gasteiger partial charge >= 0.3 is 12.0 Å². The molecule has 1 aromatic rings. The van der Waals surface area contributed by atoms with Gasteiger partial charge in [-0.05, 0) is 18.6 Å². The van der Waals surface area contributed by atoms with Crippen LogP contribution in [0.25, 0.3) is 0 Å². The Morgan fingerprint density at radius 1 is 1.38 bits per heavy atom. The van der Waals surface area contributed by atoms with Gasteiger partial charge in [-0.2, -0.15) is 0 Å². The van der Waals surface area contributed by atoms with Crippen molar-refractivity contribution in [3.05, 3.63) is 29.3 Å². The average molecular weight is 291 g/mol. The molecule has 0 spiro atoms. The number of rotatable bonds is 4. The van der Waals surface area contributed by atoms with Crippen molar-refractivity contribution in [2.75, 3.05) is 18.4 Å². The molecule has 4 amide bonds. The molecule has 21 heavy (non-hydrogen) atoms. The number of aryl methyl sites for hydroxylation is 1. The minimum atomic E-state index is -1.18. The van der Waals surface area contributed by atoms with E-state index < -0.39 is 30.4 Å². The zero-order valence-corrected chi connectivity index (χ0v) is 11.2. The predicted molar refractivity (Wildman–Crippen MR) is 71.9 cm³/mol. The van der Waals surface area contributed by atoms with Crippen LogP contribution in [0.2, 0.25) is 0 Å². The van der Waals surface area contributed by atoms with Gasteiger partial charge < -0.3 is 15.7 Å². The Morgan fingerprint density at radius 3 is 2.67 bits per heavy atom. The fourth-order valence-electron chi connectivity index (χ4n) is 1.95. The lowest BCUT2D eigenvalue weighted by atomic mass is 10.1. The molecular weight excluding hydrogens is 278 g/mol. The highest BCUT2D eigenvalue weighted by atomic mass is 16.4. The van der Waals surface area contributed by atoms with E-state index in [1.807, 2.05) is 0 Å². The number of aromatic carboxylic acids is 1. The first-order valence-corrected chi connectivity index (χ1v) is 6.11. The van der Waals surface area contributed by atoms with Crippen molar-refractivity contribution in [2.24, 2.45) is 0 Å². The summed E-state index contributed by atoms with van der Waals surface area (Å²) in [5.74, 6) is -2.32. The summed E-state index contributed by atoms with van der Waals surface area (Å²) in [7, 11) is 0. The maximum Gasteiger partial charge on any atom is 0.337 e. The predicted octanol–water partition coefficient (Wildman–Crippen LogP) is 0.184. The number of carbonyl (C=O) groups excluding carboxylic acids is 3. The van der Waals surface area contributed by atoms with Gasteiger partial charge in [0.2, 0.25) is 5.91 Å². The number of imide groups is 1. The van der Waals surface area contributed by atoms with E-state index in [1.54, 1.807) is 19.1 Å². The Kier molecular flexibility index (Phi) is 3.88. The molecule has 3 N–H and O–H groups in total. The highest BCUT2D eigenvalue weighted by Crippen LogP contribution is 2.20. The second-order valence-electron chi connectivity index (χ2n) is 4.49. The van der Waals surface area contributed by atoms with Gasteiger partial charge in [-0.15, -0.1) is 0 Å². The lowest BCUT2D eigenvalue weighted by Gasteiger charge is -2.14. The summed E-state index contributed by atoms with van der Waals surface area (Å²) in [4.78, 5) is 46.5. The largest absolute Gasteiger partial charge is 0.478 e. The number of hydrogen-bond acceptors (Lipinski definition) is 4. The number of nitrogens with zero attached hydrogens (tertiary/aromatic N) is 1. The molecule has 110 valence electrons. The molecule has 0 atom stereocenters. The van der Waals surface area contributed by atoms with Gasteiger partial charge in [0.25, 0.3) is 5.91 Å². The molecule has 1 aliphatic rings. The molecule has 0 radical (unpaired) electrons. The maximum absolute atomic E-state index is 11.9. The first-order chi connectivity index (χ1) is 9.90. The lowest BCUT2D eigenvalue weighted by Crippen LogP contribution is -2.38. The van der Waals surface area contributed by atoms with Crippen LogP contribution in [0.1, 0.15) is 15.9 Å². The first-order valence-electron chi connectivity index (χ1n) is 6.11. The van der Waals surface area contributed by atoms with E-state index in [1.165, 1.54) is 6.07 Å². The van der Waals surface area contributed by atoms with E-state index in [0.717, 1.165) is 4.90 Å². The number of benzene rings is 1. The summed E-state index contributed by atoms with van der Waals surface area (Å²) in [6.45, 7) is 1.05. The number of hydrogen-bond donors (Lipinski definition) is 3. The topological polar surface area (TPSA) is 116 Å². The van der Waals surface area contributed by atoms with Crippen molar-refractivity contribution in [2.45, 2.75) is 6.92 Å². The molecule has 1 heterocycles. The van der Waals surface area contributed by atoms with Crippen LogP contribution in [-0.2, 0) is 9.59 Å². The third-order valence-electron chi connectivity index (χ3n) is 3.01. The first kappa shape index (κ1) is 14.5. The summed E-state index contributed by atoms with van der Waals surface area (Å²) in [6.07, 6.45) is 0. The molecule has 8 heteroatoms. The highest BCUT2D eigenvalue weighted by Gasteiger charge is 2.30. The fraction of sp³-hybridized carbons (Fsp3) is 0.231. The molecule has 1 aliphatic heterocycles. The Bertz CT molecular complexity index is 625. The van der Waals surface area contributed by atoms with Crippen molar-refractivity contribution in [1.82, 2.24) is 10.2 Å². The molecule has 1 saturated heterocycles. The second kappa shape index (κ2) is 5.61. The Hall–Kier alpha value is -2.90. The molecule has 2 rings (SSSR count). The van der Waals surface area contributed by atoms with Crippen molar-refractivity contribution in [3.63, 3.8) is 0 Å². The van der Waals surface area contributed by atoms with E-state index in [4.69, 9.17) is 5.11 Å². The number of anilines is 1. The summed E-state index contributed by atoms with van der Waals surface area (Å²) in [6, 6.07) is 3.93. The molecule has 0 bridgehead atoms. The van der Waals surface area contributed by atoms with Gasteiger partial charge in [-0.1, -0.05) is 12.1 Å². The molecule has 0 aromatic heterocycles. The van der Waals surface area contributed by atoms with Crippen LogP contribution in [-0.4, -0.2) is 46.9 Å².